The van der Waals surface area contributed by atoms with Crippen LogP contribution in [0.1, 0.15) is 30.9 Å². The summed E-state index contributed by atoms with van der Waals surface area (Å²) in [7, 11) is 1.58. The van der Waals surface area contributed by atoms with E-state index >= 15 is 0 Å². The van der Waals surface area contributed by atoms with Crippen LogP contribution >= 0.6 is 0 Å². The molecule has 8 nitrogen and oxygen atoms in total. The topological polar surface area (TPSA) is 115 Å². The first kappa shape index (κ1) is 21.1. The third-order valence-electron chi connectivity index (χ3n) is 5.21. The molecule has 0 radical (unpaired) electrons. The van der Waals surface area contributed by atoms with Gasteiger partial charge in [0.25, 0.3) is 0 Å². The number of nitriles is 1. The number of hydrogen-bond acceptors (Lipinski definition) is 7. The largest absolute Gasteiger partial charge is 0.494 e. The molecule has 0 saturated heterocycles. The van der Waals surface area contributed by atoms with Crippen molar-refractivity contribution in [2.45, 2.75) is 19.8 Å². The molecule has 32 heavy (non-hydrogen) atoms. The predicted molar refractivity (Wildman–Crippen MR) is 119 cm³/mol. The monoisotopic (exact) mass is 432 g/mol. The van der Waals surface area contributed by atoms with Crippen LogP contribution in [0.15, 0.2) is 53.9 Å². The highest BCUT2D eigenvalue weighted by Gasteiger charge is 2.36. The van der Waals surface area contributed by atoms with E-state index in [4.69, 9.17) is 24.7 Å². The number of aromatic amines is 1. The number of hydrogen-bond donors (Lipinski definition) is 2. The number of aromatic nitrogens is 2. The third-order valence-corrected chi connectivity index (χ3v) is 5.21. The Hall–Kier alpha value is -4.12. The van der Waals surface area contributed by atoms with Gasteiger partial charge in [0.2, 0.25) is 11.8 Å². The molecule has 3 N–H and O–H groups in total. The standard InChI is InChI=1S/C24H24N4O4/c1-4-30-16-9-6-14(7-10-16)22-21-20(17(13-25)23(26)32-24(21)28-27-22)15-8-11-18(31-5-2)19(12-15)29-3/h6-12,20H,4-5,26H2,1-3H3,(H,27,28)/t20-/m1/s1. The molecule has 0 amide bonds. The molecule has 0 saturated carbocycles. The Morgan fingerprint density at radius 1 is 1.09 bits per heavy atom. The Kier molecular flexibility index (Phi) is 5.90. The van der Waals surface area contributed by atoms with E-state index in [9.17, 15) is 5.26 Å². The lowest BCUT2D eigenvalue weighted by Crippen LogP contribution is -2.21. The minimum Gasteiger partial charge on any atom is -0.494 e. The first-order valence-electron chi connectivity index (χ1n) is 10.3. The van der Waals surface area contributed by atoms with Gasteiger partial charge in [0.05, 0.1) is 37.5 Å². The van der Waals surface area contributed by atoms with Crippen molar-refractivity contribution in [2.24, 2.45) is 5.73 Å². The van der Waals surface area contributed by atoms with Gasteiger partial charge in [-0.2, -0.15) is 5.26 Å². The minimum absolute atomic E-state index is 0.0302. The fraction of sp³-hybridized carbons (Fsp3) is 0.250. The Balaban J connectivity index is 1.85. The maximum atomic E-state index is 9.91. The van der Waals surface area contributed by atoms with Gasteiger partial charge in [0.15, 0.2) is 11.5 Å². The van der Waals surface area contributed by atoms with Crippen molar-refractivity contribution in [2.75, 3.05) is 20.3 Å². The normalized spacial score (nSPS) is 14.9. The van der Waals surface area contributed by atoms with Gasteiger partial charge in [0.1, 0.15) is 17.4 Å². The fourth-order valence-electron chi connectivity index (χ4n) is 3.82. The molecule has 0 unspecified atom stereocenters. The molecule has 1 atom stereocenters. The van der Waals surface area contributed by atoms with Crippen LogP contribution in [0, 0.1) is 11.3 Å². The van der Waals surface area contributed by atoms with Crippen LogP contribution in [-0.4, -0.2) is 30.5 Å². The molecule has 0 aliphatic carbocycles. The fourth-order valence-corrected chi connectivity index (χ4v) is 3.82. The first-order chi connectivity index (χ1) is 15.6. The van der Waals surface area contributed by atoms with Crippen LogP contribution in [-0.2, 0) is 0 Å². The van der Waals surface area contributed by atoms with E-state index in [1.54, 1.807) is 7.11 Å². The molecule has 3 aromatic rings. The molecule has 2 heterocycles. The van der Waals surface area contributed by atoms with E-state index in [0.717, 1.165) is 28.1 Å². The highest BCUT2D eigenvalue weighted by atomic mass is 16.5. The number of H-pyrrole nitrogens is 1. The molecule has 1 aliphatic heterocycles. The van der Waals surface area contributed by atoms with Gasteiger partial charge in [-0.15, -0.1) is 5.10 Å². The second-order valence-corrected chi connectivity index (χ2v) is 7.04. The molecule has 164 valence electrons. The Morgan fingerprint density at radius 3 is 2.50 bits per heavy atom. The van der Waals surface area contributed by atoms with E-state index in [1.165, 1.54) is 0 Å². The van der Waals surface area contributed by atoms with E-state index in [2.05, 4.69) is 16.3 Å². The maximum absolute atomic E-state index is 9.91. The van der Waals surface area contributed by atoms with Crippen molar-refractivity contribution in [3.8, 4) is 40.5 Å². The van der Waals surface area contributed by atoms with Gasteiger partial charge >= 0.3 is 0 Å². The summed E-state index contributed by atoms with van der Waals surface area (Å²) in [5.74, 6) is 1.84. The highest BCUT2D eigenvalue weighted by molar-refractivity contribution is 5.71. The van der Waals surface area contributed by atoms with E-state index in [1.807, 2.05) is 56.3 Å². The number of methoxy groups -OCH3 is 1. The summed E-state index contributed by atoms with van der Waals surface area (Å²) in [6.07, 6.45) is 0. The first-order valence-corrected chi connectivity index (χ1v) is 10.3. The molecule has 1 aromatic heterocycles. The molecular formula is C24H24N4O4. The van der Waals surface area contributed by atoms with Crippen LogP contribution in [0.4, 0.5) is 0 Å². The molecule has 0 fully saturated rings. The number of rotatable bonds is 7. The van der Waals surface area contributed by atoms with Crippen molar-refractivity contribution in [3.05, 3.63) is 65.0 Å². The van der Waals surface area contributed by atoms with Crippen molar-refractivity contribution in [1.29, 1.82) is 5.26 Å². The zero-order chi connectivity index (χ0) is 22.7. The Bertz CT molecular complexity index is 1190. The zero-order valence-corrected chi connectivity index (χ0v) is 18.1. The number of fused-ring (bicyclic) bond motifs is 1. The number of allylic oxidation sites excluding steroid dienone is 1. The summed E-state index contributed by atoms with van der Waals surface area (Å²) in [6, 6.07) is 15.4. The van der Waals surface area contributed by atoms with E-state index in [-0.39, 0.29) is 5.88 Å². The van der Waals surface area contributed by atoms with Crippen LogP contribution in [0.5, 0.6) is 23.1 Å². The van der Waals surface area contributed by atoms with Crippen LogP contribution < -0.4 is 24.7 Å². The average Bonchev–Trinajstić information content (AvgIpc) is 3.22. The second-order valence-electron chi connectivity index (χ2n) is 7.04. The summed E-state index contributed by atoms with van der Waals surface area (Å²) in [5, 5.41) is 17.3. The van der Waals surface area contributed by atoms with Crippen molar-refractivity contribution < 1.29 is 18.9 Å². The number of ether oxygens (including phenoxy) is 4. The lowest BCUT2D eigenvalue weighted by molar-refractivity contribution is 0.310. The van der Waals surface area contributed by atoms with Gasteiger partial charge in [-0.05, 0) is 55.8 Å². The molecule has 1 aliphatic rings. The number of nitrogens with two attached hydrogens (primary N) is 1. The van der Waals surface area contributed by atoms with Crippen molar-refractivity contribution >= 4 is 0 Å². The Labute approximate surface area is 186 Å². The molecule has 4 rings (SSSR count). The summed E-state index contributed by atoms with van der Waals surface area (Å²) in [4.78, 5) is 0. The number of benzene rings is 2. The third kappa shape index (κ3) is 3.69. The second kappa shape index (κ2) is 8.94. The van der Waals surface area contributed by atoms with Gasteiger partial charge in [0, 0.05) is 5.56 Å². The van der Waals surface area contributed by atoms with Crippen LogP contribution in [0.25, 0.3) is 11.3 Å². The molecule has 0 bridgehead atoms. The lowest BCUT2D eigenvalue weighted by Gasteiger charge is -2.24. The molecule has 2 aromatic carbocycles. The molecule has 8 heteroatoms. The minimum atomic E-state index is -0.492. The summed E-state index contributed by atoms with van der Waals surface area (Å²) >= 11 is 0. The quantitative estimate of drug-likeness (QED) is 0.577. The van der Waals surface area contributed by atoms with Gasteiger partial charge < -0.3 is 24.7 Å². The summed E-state index contributed by atoms with van der Waals surface area (Å²) in [5.41, 5.74) is 9.55. The maximum Gasteiger partial charge on any atom is 0.244 e. The van der Waals surface area contributed by atoms with Gasteiger partial charge in [-0.1, -0.05) is 6.07 Å². The highest BCUT2D eigenvalue weighted by Crippen LogP contribution is 2.47. The predicted octanol–water partition coefficient (Wildman–Crippen LogP) is 4.10. The van der Waals surface area contributed by atoms with Gasteiger partial charge in [-0.25, -0.2) is 0 Å². The Morgan fingerprint density at radius 2 is 1.84 bits per heavy atom. The van der Waals surface area contributed by atoms with Crippen molar-refractivity contribution in [3.63, 3.8) is 0 Å². The molecular weight excluding hydrogens is 408 g/mol. The van der Waals surface area contributed by atoms with E-state index in [0.29, 0.717) is 36.2 Å². The SMILES string of the molecule is CCOc1ccc(-c2[nH]nc3c2[C@H](c2ccc(OCC)c(OC)c2)C(C#N)=C(N)O3)cc1. The number of nitrogens with one attached hydrogen (secondary N) is 1. The lowest BCUT2D eigenvalue weighted by atomic mass is 9.83. The molecule has 0 spiro atoms. The van der Waals surface area contributed by atoms with E-state index < -0.39 is 5.92 Å². The summed E-state index contributed by atoms with van der Waals surface area (Å²) < 4.78 is 22.4. The van der Waals surface area contributed by atoms with Crippen LogP contribution in [0.2, 0.25) is 0 Å². The van der Waals surface area contributed by atoms with Crippen molar-refractivity contribution in [1.82, 2.24) is 10.2 Å². The summed E-state index contributed by atoms with van der Waals surface area (Å²) in [6.45, 7) is 4.94. The zero-order valence-electron chi connectivity index (χ0n) is 18.1. The number of nitrogens with zero attached hydrogens (tertiary/aromatic N) is 2. The average molecular weight is 432 g/mol. The smallest absolute Gasteiger partial charge is 0.244 e. The van der Waals surface area contributed by atoms with Gasteiger partial charge in [-0.3, -0.25) is 5.10 Å². The van der Waals surface area contributed by atoms with Crippen LogP contribution in [0.3, 0.4) is 0 Å².